The second kappa shape index (κ2) is 7.04. The SMILES string of the molecule is CCOC(=O)c1c(C=O)c2c(n1Cc1ccc(C)cc1)CCCC2. The van der Waals surface area contributed by atoms with E-state index in [4.69, 9.17) is 4.74 Å². The normalized spacial score (nSPS) is 13.4. The molecular weight excluding hydrogens is 302 g/mol. The van der Waals surface area contributed by atoms with Gasteiger partial charge in [-0.2, -0.15) is 0 Å². The lowest BCUT2D eigenvalue weighted by atomic mass is 9.95. The van der Waals surface area contributed by atoms with Gasteiger partial charge in [0.05, 0.1) is 12.2 Å². The summed E-state index contributed by atoms with van der Waals surface area (Å²) in [5.74, 6) is -0.402. The summed E-state index contributed by atoms with van der Waals surface area (Å²) in [6, 6.07) is 8.27. The predicted molar refractivity (Wildman–Crippen MR) is 92.7 cm³/mol. The first-order chi connectivity index (χ1) is 11.7. The maximum Gasteiger partial charge on any atom is 0.355 e. The van der Waals surface area contributed by atoms with E-state index in [0.29, 0.717) is 24.4 Å². The number of aldehydes is 1. The fourth-order valence-electron chi connectivity index (χ4n) is 3.50. The van der Waals surface area contributed by atoms with Crippen LogP contribution in [0.4, 0.5) is 0 Å². The summed E-state index contributed by atoms with van der Waals surface area (Å²) in [4.78, 5) is 24.2. The van der Waals surface area contributed by atoms with Gasteiger partial charge in [-0.15, -0.1) is 0 Å². The van der Waals surface area contributed by atoms with Gasteiger partial charge >= 0.3 is 5.97 Å². The van der Waals surface area contributed by atoms with Gasteiger partial charge in [0, 0.05) is 12.2 Å². The number of nitrogens with zero attached hydrogens (tertiary/aromatic N) is 1. The van der Waals surface area contributed by atoms with Crippen LogP contribution in [0.25, 0.3) is 0 Å². The zero-order valence-electron chi connectivity index (χ0n) is 14.3. The van der Waals surface area contributed by atoms with Crippen molar-refractivity contribution in [3.8, 4) is 0 Å². The highest BCUT2D eigenvalue weighted by Crippen LogP contribution is 2.30. The Labute approximate surface area is 142 Å². The molecule has 0 amide bonds. The number of ether oxygens (including phenoxy) is 1. The lowest BCUT2D eigenvalue weighted by Gasteiger charge is -2.17. The molecule has 0 radical (unpaired) electrons. The van der Waals surface area contributed by atoms with Crippen LogP contribution in [0.1, 0.15) is 63.0 Å². The third-order valence-corrected chi connectivity index (χ3v) is 4.66. The number of fused-ring (bicyclic) bond motifs is 1. The van der Waals surface area contributed by atoms with E-state index < -0.39 is 5.97 Å². The molecule has 4 nitrogen and oxygen atoms in total. The molecule has 0 saturated carbocycles. The molecule has 0 fully saturated rings. The van der Waals surface area contributed by atoms with Crippen molar-refractivity contribution in [2.24, 2.45) is 0 Å². The van der Waals surface area contributed by atoms with Crippen molar-refractivity contribution in [3.63, 3.8) is 0 Å². The van der Waals surface area contributed by atoms with Gasteiger partial charge in [0.1, 0.15) is 5.69 Å². The molecule has 1 aromatic heterocycles. The third-order valence-electron chi connectivity index (χ3n) is 4.66. The summed E-state index contributed by atoms with van der Waals surface area (Å²) in [5.41, 5.74) is 5.41. The molecule has 1 aromatic carbocycles. The summed E-state index contributed by atoms with van der Waals surface area (Å²) in [7, 11) is 0. The molecule has 24 heavy (non-hydrogen) atoms. The maximum atomic E-state index is 12.5. The summed E-state index contributed by atoms with van der Waals surface area (Å²) in [6.45, 7) is 4.73. The minimum absolute atomic E-state index is 0.303. The Hall–Kier alpha value is -2.36. The van der Waals surface area contributed by atoms with E-state index in [1.54, 1.807) is 6.92 Å². The minimum atomic E-state index is -0.402. The van der Waals surface area contributed by atoms with E-state index in [-0.39, 0.29) is 0 Å². The molecule has 0 atom stereocenters. The largest absolute Gasteiger partial charge is 0.461 e. The van der Waals surface area contributed by atoms with Crippen molar-refractivity contribution in [1.29, 1.82) is 0 Å². The molecule has 3 rings (SSSR count). The van der Waals surface area contributed by atoms with Crippen LogP contribution in [0.3, 0.4) is 0 Å². The van der Waals surface area contributed by atoms with Gasteiger partial charge in [0.2, 0.25) is 0 Å². The lowest BCUT2D eigenvalue weighted by molar-refractivity contribution is 0.0511. The number of hydrogen-bond donors (Lipinski definition) is 0. The van der Waals surface area contributed by atoms with Crippen molar-refractivity contribution >= 4 is 12.3 Å². The van der Waals surface area contributed by atoms with E-state index in [2.05, 4.69) is 31.2 Å². The fourth-order valence-corrected chi connectivity index (χ4v) is 3.50. The van der Waals surface area contributed by atoms with Crippen molar-refractivity contribution in [2.75, 3.05) is 6.61 Å². The zero-order chi connectivity index (χ0) is 17.1. The average Bonchev–Trinajstić information content (AvgIpc) is 2.91. The van der Waals surface area contributed by atoms with E-state index in [0.717, 1.165) is 48.8 Å². The number of rotatable bonds is 5. The molecule has 0 unspecified atom stereocenters. The van der Waals surface area contributed by atoms with Gasteiger partial charge in [-0.25, -0.2) is 4.79 Å². The van der Waals surface area contributed by atoms with Gasteiger partial charge in [0.15, 0.2) is 6.29 Å². The predicted octanol–water partition coefficient (Wildman–Crippen LogP) is 3.71. The molecule has 0 spiro atoms. The van der Waals surface area contributed by atoms with Crippen LogP contribution in [0.2, 0.25) is 0 Å². The van der Waals surface area contributed by atoms with Crippen LogP contribution in [-0.4, -0.2) is 23.4 Å². The molecule has 1 aliphatic carbocycles. The van der Waals surface area contributed by atoms with Crippen LogP contribution in [-0.2, 0) is 24.1 Å². The third kappa shape index (κ3) is 3.01. The van der Waals surface area contributed by atoms with E-state index in [1.807, 2.05) is 4.57 Å². The standard InChI is InChI=1S/C20H23NO3/c1-3-24-20(23)19-17(13-22)16-6-4-5-7-18(16)21(19)12-15-10-8-14(2)9-11-15/h8-11,13H,3-7,12H2,1-2H3. The minimum Gasteiger partial charge on any atom is -0.461 e. The fraction of sp³-hybridized carbons (Fsp3) is 0.400. The van der Waals surface area contributed by atoms with Crippen LogP contribution < -0.4 is 0 Å². The van der Waals surface area contributed by atoms with Crippen LogP contribution >= 0.6 is 0 Å². The molecule has 0 saturated heterocycles. The quantitative estimate of drug-likeness (QED) is 0.622. The Bertz CT molecular complexity index is 756. The van der Waals surface area contributed by atoms with E-state index >= 15 is 0 Å². The topological polar surface area (TPSA) is 48.3 Å². The molecule has 0 aliphatic heterocycles. The molecule has 1 aliphatic rings. The molecule has 0 N–H and O–H groups in total. The summed E-state index contributed by atoms with van der Waals surface area (Å²) in [5, 5.41) is 0. The van der Waals surface area contributed by atoms with Crippen molar-refractivity contribution in [3.05, 3.63) is 57.9 Å². The Balaban J connectivity index is 2.11. The number of carbonyl (C=O) groups is 2. The molecule has 126 valence electrons. The molecule has 1 heterocycles. The average molecular weight is 325 g/mol. The van der Waals surface area contributed by atoms with Crippen molar-refractivity contribution < 1.29 is 14.3 Å². The Morgan fingerprint density at radius 3 is 2.58 bits per heavy atom. The molecular formula is C20H23NO3. The number of hydrogen-bond acceptors (Lipinski definition) is 3. The summed E-state index contributed by atoms with van der Waals surface area (Å²) < 4.78 is 7.23. The number of carbonyl (C=O) groups excluding carboxylic acids is 2. The van der Waals surface area contributed by atoms with Crippen LogP contribution in [0, 0.1) is 6.92 Å². The second-order valence-electron chi connectivity index (χ2n) is 6.30. The van der Waals surface area contributed by atoms with Crippen molar-refractivity contribution in [1.82, 2.24) is 4.57 Å². The smallest absolute Gasteiger partial charge is 0.355 e. The van der Waals surface area contributed by atoms with E-state index in [9.17, 15) is 9.59 Å². The van der Waals surface area contributed by atoms with Gasteiger partial charge in [-0.1, -0.05) is 29.8 Å². The Kier molecular flexibility index (Phi) is 4.84. The first kappa shape index (κ1) is 16.5. The molecule has 0 bridgehead atoms. The highest BCUT2D eigenvalue weighted by molar-refractivity contribution is 5.98. The lowest BCUT2D eigenvalue weighted by Crippen LogP contribution is -2.16. The first-order valence-corrected chi connectivity index (χ1v) is 8.57. The van der Waals surface area contributed by atoms with Gasteiger partial charge in [0.25, 0.3) is 0 Å². The molecule has 2 aromatic rings. The zero-order valence-corrected chi connectivity index (χ0v) is 14.3. The summed E-state index contributed by atoms with van der Waals surface area (Å²) in [6.07, 6.45) is 4.73. The number of benzene rings is 1. The van der Waals surface area contributed by atoms with Gasteiger partial charge < -0.3 is 9.30 Å². The highest BCUT2D eigenvalue weighted by Gasteiger charge is 2.28. The van der Waals surface area contributed by atoms with Gasteiger partial charge in [-0.05, 0) is 50.7 Å². The highest BCUT2D eigenvalue weighted by atomic mass is 16.5. The molecule has 4 heteroatoms. The number of aromatic nitrogens is 1. The monoisotopic (exact) mass is 325 g/mol. The van der Waals surface area contributed by atoms with Crippen LogP contribution in [0.5, 0.6) is 0 Å². The first-order valence-electron chi connectivity index (χ1n) is 8.57. The number of esters is 1. The van der Waals surface area contributed by atoms with Crippen molar-refractivity contribution in [2.45, 2.75) is 46.1 Å². The van der Waals surface area contributed by atoms with E-state index in [1.165, 1.54) is 5.56 Å². The van der Waals surface area contributed by atoms with Gasteiger partial charge in [-0.3, -0.25) is 4.79 Å². The number of aryl methyl sites for hydroxylation is 1. The van der Waals surface area contributed by atoms with Crippen LogP contribution in [0.15, 0.2) is 24.3 Å². The Morgan fingerprint density at radius 1 is 1.21 bits per heavy atom. The maximum absolute atomic E-state index is 12.5. The second-order valence-corrected chi connectivity index (χ2v) is 6.30. The summed E-state index contributed by atoms with van der Waals surface area (Å²) >= 11 is 0. The Morgan fingerprint density at radius 2 is 1.92 bits per heavy atom.